The molecule has 2 heterocycles. The van der Waals surface area contributed by atoms with Crippen molar-refractivity contribution in [2.24, 2.45) is 0 Å². The Kier molecular flexibility index (Phi) is 5.40. The van der Waals surface area contributed by atoms with Crippen LogP contribution in [0.5, 0.6) is 5.75 Å². The number of pyridine rings is 1. The number of rotatable bonds is 3. The molecule has 2 aromatic carbocycles. The first-order valence-electron chi connectivity index (χ1n) is 10.0. The molecule has 30 heavy (non-hydrogen) atoms. The predicted molar refractivity (Wildman–Crippen MR) is 115 cm³/mol. The topological polar surface area (TPSA) is 68.5 Å². The van der Waals surface area contributed by atoms with Gasteiger partial charge in [-0.1, -0.05) is 19.1 Å². The van der Waals surface area contributed by atoms with Gasteiger partial charge in [-0.15, -0.1) is 0 Å². The predicted octanol–water partition coefficient (Wildman–Crippen LogP) is 4.38. The fourth-order valence-corrected chi connectivity index (χ4v) is 3.74. The van der Waals surface area contributed by atoms with Crippen molar-refractivity contribution in [3.8, 4) is 16.9 Å². The molecule has 0 saturated carbocycles. The molecule has 1 amide bonds. The van der Waals surface area contributed by atoms with Crippen molar-refractivity contribution in [1.29, 1.82) is 0 Å². The number of amides is 1. The Morgan fingerprint density at radius 3 is 2.73 bits per heavy atom. The van der Waals surface area contributed by atoms with E-state index < -0.39 is 0 Å². The first-order valence-corrected chi connectivity index (χ1v) is 10.0. The summed E-state index contributed by atoms with van der Waals surface area (Å²) < 4.78 is 20.4. The Morgan fingerprint density at radius 1 is 1.20 bits per heavy atom. The van der Waals surface area contributed by atoms with E-state index in [4.69, 9.17) is 10.5 Å². The van der Waals surface area contributed by atoms with Gasteiger partial charge in [-0.25, -0.2) is 9.37 Å². The molecule has 5 nitrogen and oxygen atoms in total. The Labute approximate surface area is 175 Å². The Morgan fingerprint density at radius 2 is 2.00 bits per heavy atom. The van der Waals surface area contributed by atoms with Crippen LogP contribution in [0.2, 0.25) is 0 Å². The highest BCUT2D eigenvalue weighted by Gasteiger charge is 2.24. The summed E-state index contributed by atoms with van der Waals surface area (Å²) in [5.41, 5.74) is 9.89. The Hall–Kier alpha value is -3.41. The van der Waals surface area contributed by atoms with Crippen molar-refractivity contribution in [2.45, 2.75) is 26.8 Å². The number of nitrogens with two attached hydrogens (primary N) is 1. The van der Waals surface area contributed by atoms with Gasteiger partial charge in [0.05, 0.1) is 6.54 Å². The maximum Gasteiger partial charge on any atom is 0.254 e. The molecule has 1 aliphatic rings. The molecule has 4 rings (SSSR count). The lowest BCUT2D eigenvalue weighted by atomic mass is 10.0. The number of benzene rings is 2. The van der Waals surface area contributed by atoms with Crippen LogP contribution >= 0.6 is 0 Å². The van der Waals surface area contributed by atoms with E-state index >= 15 is 0 Å². The number of aryl methyl sites for hydroxylation is 1. The lowest BCUT2D eigenvalue weighted by Gasteiger charge is -2.21. The van der Waals surface area contributed by atoms with Crippen LogP contribution in [0.1, 0.15) is 34.0 Å². The first-order chi connectivity index (χ1) is 14.5. The minimum atomic E-state index is -0.298. The normalized spacial score (nSPS) is 13.4. The van der Waals surface area contributed by atoms with Gasteiger partial charge >= 0.3 is 0 Å². The number of hydrogen-bond donors (Lipinski definition) is 1. The molecule has 6 heteroatoms. The number of nitrogens with zero attached hydrogens (tertiary/aromatic N) is 2. The minimum Gasteiger partial charge on any atom is -0.491 e. The van der Waals surface area contributed by atoms with Gasteiger partial charge in [0.1, 0.15) is 24.0 Å². The number of anilines is 1. The smallest absolute Gasteiger partial charge is 0.254 e. The zero-order valence-electron chi connectivity index (χ0n) is 17.1. The van der Waals surface area contributed by atoms with Crippen LogP contribution in [0.15, 0.2) is 48.7 Å². The average Bonchev–Trinajstić information content (AvgIpc) is 2.97. The number of carbonyl (C=O) groups excluding carboxylic acids is 1. The van der Waals surface area contributed by atoms with Crippen LogP contribution in [0.3, 0.4) is 0 Å². The third-order valence-corrected chi connectivity index (χ3v) is 5.53. The van der Waals surface area contributed by atoms with Crippen LogP contribution in [-0.2, 0) is 13.0 Å². The summed E-state index contributed by atoms with van der Waals surface area (Å²) in [5, 5.41) is 0. The third kappa shape index (κ3) is 3.73. The zero-order chi connectivity index (χ0) is 21.3. The van der Waals surface area contributed by atoms with E-state index in [2.05, 4.69) is 4.98 Å². The quantitative estimate of drug-likeness (QED) is 0.702. The van der Waals surface area contributed by atoms with Gasteiger partial charge in [0.25, 0.3) is 5.91 Å². The fraction of sp³-hybridized carbons (Fsp3) is 0.250. The van der Waals surface area contributed by atoms with Crippen molar-refractivity contribution < 1.29 is 13.9 Å². The SMILES string of the molecule is CCc1ccc(C(=O)N2CCOc3ccc(-c4ccc(N)nc4)cc3C2)c(C)c1F. The van der Waals surface area contributed by atoms with Gasteiger partial charge in [0, 0.05) is 29.4 Å². The van der Waals surface area contributed by atoms with E-state index in [0.29, 0.717) is 48.6 Å². The van der Waals surface area contributed by atoms with E-state index in [1.165, 1.54) is 0 Å². The molecule has 0 atom stereocenters. The second kappa shape index (κ2) is 8.14. The summed E-state index contributed by atoms with van der Waals surface area (Å²) in [5.74, 6) is 0.727. The number of carbonyl (C=O) groups is 1. The van der Waals surface area contributed by atoms with Crippen molar-refractivity contribution in [1.82, 2.24) is 9.88 Å². The monoisotopic (exact) mass is 405 g/mol. The van der Waals surface area contributed by atoms with Crippen molar-refractivity contribution in [3.05, 3.63) is 76.7 Å². The first kappa shape index (κ1) is 19.9. The number of aromatic nitrogens is 1. The molecule has 1 aromatic heterocycles. The molecule has 0 bridgehead atoms. The van der Waals surface area contributed by atoms with Crippen LogP contribution < -0.4 is 10.5 Å². The highest BCUT2D eigenvalue weighted by molar-refractivity contribution is 5.96. The molecular weight excluding hydrogens is 381 g/mol. The van der Waals surface area contributed by atoms with Gasteiger partial charge < -0.3 is 15.4 Å². The maximum absolute atomic E-state index is 14.6. The van der Waals surface area contributed by atoms with Crippen LogP contribution in [0.25, 0.3) is 11.1 Å². The Bertz CT molecular complexity index is 1100. The van der Waals surface area contributed by atoms with Crippen LogP contribution in [0, 0.1) is 12.7 Å². The van der Waals surface area contributed by atoms with Gasteiger partial charge in [0.2, 0.25) is 0 Å². The average molecular weight is 405 g/mol. The number of fused-ring (bicyclic) bond motifs is 1. The summed E-state index contributed by atoms with van der Waals surface area (Å²) in [6, 6.07) is 13.0. The molecular formula is C24H24FN3O2. The largest absolute Gasteiger partial charge is 0.491 e. The van der Waals surface area contributed by atoms with Gasteiger partial charge in [-0.3, -0.25) is 4.79 Å². The molecule has 0 unspecified atom stereocenters. The lowest BCUT2D eigenvalue weighted by molar-refractivity contribution is 0.0732. The summed E-state index contributed by atoms with van der Waals surface area (Å²) in [4.78, 5) is 19.1. The van der Waals surface area contributed by atoms with Crippen molar-refractivity contribution in [2.75, 3.05) is 18.9 Å². The summed E-state index contributed by atoms with van der Waals surface area (Å²) in [6.07, 6.45) is 2.31. The van der Waals surface area contributed by atoms with Crippen molar-refractivity contribution >= 4 is 11.7 Å². The summed E-state index contributed by atoms with van der Waals surface area (Å²) in [6.45, 7) is 4.77. The molecule has 0 saturated heterocycles. The molecule has 0 spiro atoms. The summed E-state index contributed by atoms with van der Waals surface area (Å²) >= 11 is 0. The molecule has 154 valence electrons. The maximum atomic E-state index is 14.6. The number of nitrogen functional groups attached to an aromatic ring is 1. The highest BCUT2D eigenvalue weighted by Crippen LogP contribution is 2.30. The number of ether oxygens (including phenoxy) is 1. The molecule has 2 N–H and O–H groups in total. The second-order valence-corrected chi connectivity index (χ2v) is 7.43. The van der Waals surface area contributed by atoms with Crippen molar-refractivity contribution in [3.63, 3.8) is 0 Å². The van der Waals surface area contributed by atoms with E-state index in [9.17, 15) is 9.18 Å². The molecule has 0 radical (unpaired) electrons. The molecule has 1 aliphatic heterocycles. The lowest BCUT2D eigenvalue weighted by Crippen LogP contribution is -2.33. The second-order valence-electron chi connectivity index (χ2n) is 7.43. The molecule has 3 aromatic rings. The Balaban J connectivity index is 1.64. The van der Waals surface area contributed by atoms with Gasteiger partial charge in [-0.05, 0) is 60.4 Å². The number of halogens is 1. The minimum absolute atomic E-state index is 0.190. The van der Waals surface area contributed by atoms with Gasteiger partial charge in [0.15, 0.2) is 0 Å². The van der Waals surface area contributed by atoms with E-state index in [1.54, 1.807) is 36.2 Å². The number of hydrogen-bond acceptors (Lipinski definition) is 4. The summed E-state index contributed by atoms with van der Waals surface area (Å²) in [7, 11) is 0. The van der Waals surface area contributed by atoms with Crippen LogP contribution in [-0.4, -0.2) is 28.9 Å². The van der Waals surface area contributed by atoms with E-state index in [1.807, 2.05) is 31.2 Å². The molecule has 0 aliphatic carbocycles. The fourth-order valence-electron chi connectivity index (χ4n) is 3.74. The molecule has 0 fully saturated rings. The standard InChI is InChI=1S/C24H24FN3O2/c1-3-16-4-7-20(15(2)23(16)25)24(29)28-10-11-30-21-8-5-17(12-19(21)14-28)18-6-9-22(26)27-13-18/h4-9,12-13H,3,10-11,14H2,1-2H3,(H2,26,27). The zero-order valence-corrected chi connectivity index (χ0v) is 17.1. The van der Waals surface area contributed by atoms with Crippen LogP contribution in [0.4, 0.5) is 10.2 Å². The highest BCUT2D eigenvalue weighted by atomic mass is 19.1. The third-order valence-electron chi connectivity index (χ3n) is 5.53. The van der Waals surface area contributed by atoms with E-state index in [0.717, 1.165) is 22.4 Å². The van der Waals surface area contributed by atoms with E-state index in [-0.39, 0.29) is 11.7 Å². The van der Waals surface area contributed by atoms with Gasteiger partial charge in [-0.2, -0.15) is 0 Å².